The summed E-state index contributed by atoms with van der Waals surface area (Å²) in [5, 5.41) is 11.3. The number of benzene rings is 2. The molecule has 3 rings (SSSR count). The van der Waals surface area contributed by atoms with Gasteiger partial charge in [0.15, 0.2) is 11.5 Å². The topological polar surface area (TPSA) is 88.5 Å². The first-order valence-corrected chi connectivity index (χ1v) is 12.0. The number of ether oxygens (including phenoxy) is 3. The third kappa shape index (κ3) is 5.54. The van der Waals surface area contributed by atoms with E-state index in [4.69, 9.17) is 14.2 Å². The summed E-state index contributed by atoms with van der Waals surface area (Å²) in [6, 6.07) is 11.2. The summed E-state index contributed by atoms with van der Waals surface area (Å²) in [7, 11) is 3.06. The molecular formula is C28H34N2O6. The van der Waals surface area contributed by atoms with Crippen LogP contribution in [-0.2, 0) is 9.59 Å². The van der Waals surface area contributed by atoms with Gasteiger partial charge in [-0.3, -0.25) is 9.59 Å². The van der Waals surface area contributed by atoms with Crippen molar-refractivity contribution in [3.05, 3.63) is 71.8 Å². The van der Waals surface area contributed by atoms with E-state index in [-0.39, 0.29) is 11.3 Å². The predicted octanol–water partition coefficient (Wildman–Crippen LogP) is 4.03. The fraction of sp³-hybridized carbons (Fsp3) is 0.357. The Kier molecular flexibility index (Phi) is 9.13. The van der Waals surface area contributed by atoms with Gasteiger partial charge in [0.05, 0.1) is 25.8 Å². The van der Waals surface area contributed by atoms with E-state index >= 15 is 0 Å². The molecule has 8 nitrogen and oxygen atoms in total. The smallest absolute Gasteiger partial charge is 0.295 e. The van der Waals surface area contributed by atoms with E-state index in [9.17, 15) is 14.7 Å². The van der Waals surface area contributed by atoms with Gasteiger partial charge in [-0.15, -0.1) is 0 Å². The van der Waals surface area contributed by atoms with Gasteiger partial charge in [-0.05, 0) is 55.1 Å². The highest BCUT2D eigenvalue weighted by molar-refractivity contribution is 6.46. The number of nitrogens with zero attached hydrogens (tertiary/aromatic N) is 2. The SMILES string of the molecule is C=CCOc1ccc(/C(O)=C2\C(=O)C(=O)N(CCN(CC)CC)[C@@H]2c2ccc(OC)c(OC)c2)cc1. The van der Waals surface area contributed by atoms with E-state index in [2.05, 4.69) is 11.5 Å². The van der Waals surface area contributed by atoms with Crippen molar-refractivity contribution < 1.29 is 28.9 Å². The Morgan fingerprint density at radius 2 is 1.72 bits per heavy atom. The Labute approximate surface area is 212 Å². The van der Waals surface area contributed by atoms with Crippen molar-refractivity contribution in [2.45, 2.75) is 19.9 Å². The molecule has 1 aliphatic heterocycles. The van der Waals surface area contributed by atoms with Crippen molar-refractivity contribution in [1.82, 2.24) is 9.80 Å². The number of rotatable bonds is 12. The third-order valence-electron chi connectivity index (χ3n) is 6.31. The predicted molar refractivity (Wildman–Crippen MR) is 138 cm³/mol. The Bertz CT molecular complexity index is 1120. The number of methoxy groups -OCH3 is 2. The van der Waals surface area contributed by atoms with Crippen molar-refractivity contribution >= 4 is 17.4 Å². The van der Waals surface area contributed by atoms with Crippen LogP contribution in [0, 0.1) is 0 Å². The van der Waals surface area contributed by atoms with E-state index in [1.54, 1.807) is 48.5 Å². The minimum absolute atomic E-state index is 0.0338. The van der Waals surface area contributed by atoms with E-state index in [1.165, 1.54) is 19.1 Å². The maximum atomic E-state index is 13.3. The summed E-state index contributed by atoms with van der Waals surface area (Å²) in [4.78, 5) is 30.2. The summed E-state index contributed by atoms with van der Waals surface area (Å²) in [6.45, 7) is 10.6. The lowest BCUT2D eigenvalue weighted by Gasteiger charge is -2.28. The van der Waals surface area contributed by atoms with Crippen LogP contribution in [0.25, 0.3) is 5.76 Å². The fourth-order valence-electron chi connectivity index (χ4n) is 4.29. The second kappa shape index (κ2) is 12.3. The van der Waals surface area contributed by atoms with Gasteiger partial charge in [0.1, 0.15) is 18.1 Å². The molecule has 0 aliphatic carbocycles. The average Bonchev–Trinajstić information content (AvgIpc) is 3.16. The number of Topliss-reactive ketones (excluding diaryl/α,β-unsaturated/α-hetero) is 1. The van der Waals surface area contributed by atoms with Crippen LogP contribution >= 0.6 is 0 Å². The van der Waals surface area contributed by atoms with Crippen molar-refractivity contribution in [2.75, 3.05) is 47.0 Å². The fourth-order valence-corrected chi connectivity index (χ4v) is 4.29. The summed E-state index contributed by atoms with van der Waals surface area (Å²) in [5.74, 6) is -0.0194. The highest BCUT2D eigenvalue weighted by atomic mass is 16.5. The number of ketones is 1. The number of hydrogen-bond acceptors (Lipinski definition) is 7. The molecule has 36 heavy (non-hydrogen) atoms. The Morgan fingerprint density at radius 1 is 1.06 bits per heavy atom. The van der Waals surface area contributed by atoms with Crippen LogP contribution < -0.4 is 14.2 Å². The van der Waals surface area contributed by atoms with Gasteiger partial charge in [0.25, 0.3) is 11.7 Å². The monoisotopic (exact) mass is 494 g/mol. The van der Waals surface area contributed by atoms with Crippen LogP contribution in [0.1, 0.15) is 31.0 Å². The number of carbonyl (C=O) groups is 2. The molecule has 192 valence electrons. The van der Waals surface area contributed by atoms with Gasteiger partial charge < -0.3 is 29.1 Å². The van der Waals surface area contributed by atoms with Gasteiger partial charge in [0, 0.05) is 18.7 Å². The second-order valence-electron chi connectivity index (χ2n) is 8.26. The molecule has 2 aromatic rings. The van der Waals surface area contributed by atoms with E-state index in [1.807, 2.05) is 13.8 Å². The molecule has 1 atom stereocenters. The summed E-state index contributed by atoms with van der Waals surface area (Å²) < 4.78 is 16.3. The molecule has 1 amide bonds. The summed E-state index contributed by atoms with van der Waals surface area (Å²) >= 11 is 0. The van der Waals surface area contributed by atoms with Gasteiger partial charge in [-0.1, -0.05) is 32.6 Å². The number of likely N-dealkylation sites (tertiary alicyclic amines) is 1. The summed E-state index contributed by atoms with van der Waals surface area (Å²) in [5.41, 5.74) is 1.08. The van der Waals surface area contributed by atoms with Crippen molar-refractivity contribution in [2.24, 2.45) is 0 Å². The second-order valence-corrected chi connectivity index (χ2v) is 8.26. The molecule has 1 saturated heterocycles. The number of hydrogen-bond donors (Lipinski definition) is 1. The molecule has 2 aromatic carbocycles. The van der Waals surface area contributed by atoms with Crippen molar-refractivity contribution in [1.29, 1.82) is 0 Å². The highest BCUT2D eigenvalue weighted by Gasteiger charge is 2.46. The lowest BCUT2D eigenvalue weighted by Crippen LogP contribution is -2.38. The molecule has 1 N–H and O–H groups in total. The number of carbonyl (C=O) groups excluding carboxylic acids is 2. The zero-order chi connectivity index (χ0) is 26.2. The maximum Gasteiger partial charge on any atom is 0.295 e. The highest BCUT2D eigenvalue weighted by Crippen LogP contribution is 2.42. The molecule has 0 aromatic heterocycles. The van der Waals surface area contributed by atoms with Gasteiger partial charge in [0.2, 0.25) is 0 Å². The molecule has 0 spiro atoms. The zero-order valence-electron chi connectivity index (χ0n) is 21.3. The molecule has 1 fully saturated rings. The first-order valence-electron chi connectivity index (χ1n) is 12.0. The summed E-state index contributed by atoms with van der Waals surface area (Å²) in [6.07, 6.45) is 1.64. The molecule has 0 radical (unpaired) electrons. The number of amides is 1. The number of aliphatic hydroxyl groups excluding tert-OH is 1. The maximum absolute atomic E-state index is 13.3. The van der Waals surface area contributed by atoms with Crippen LogP contribution in [0.15, 0.2) is 60.7 Å². The molecule has 1 heterocycles. The van der Waals surface area contributed by atoms with Crippen LogP contribution in [0.3, 0.4) is 0 Å². The lowest BCUT2D eigenvalue weighted by molar-refractivity contribution is -0.140. The van der Waals surface area contributed by atoms with E-state index in [0.717, 1.165) is 13.1 Å². The molecule has 1 aliphatic rings. The Balaban J connectivity index is 2.10. The van der Waals surface area contributed by atoms with Crippen LogP contribution in [0.2, 0.25) is 0 Å². The molecule has 0 unspecified atom stereocenters. The quantitative estimate of drug-likeness (QED) is 0.206. The van der Waals surface area contributed by atoms with E-state index < -0.39 is 17.7 Å². The minimum atomic E-state index is -0.780. The van der Waals surface area contributed by atoms with Crippen LogP contribution in [0.5, 0.6) is 17.2 Å². The van der Waals surface area contributed by atoms with Gasteiger partial charge >= 0.3 is 0 Å². The van der Waals surface area contributed by atoms with Crippen molar-refractivity contribution in [3.8, 4) is 17.2 Å². The van der Waals surface area contributed by atoms with Crippen molar-refractivity contribution in [3.63, 3.8) is 0 Å². The minimum Gasteiger partial charge on any atom is -0.507 e. The zero-order valence-corrected chi connectivity index (χ0v) is 21.3. The van der Waals surface area contributed by atoms with Crippen LogP contribution in [-0.4, -0.2) is 73.6 Å². The van der Waals surface area contributed by atoms with E-state index in [0.29, 0.717) is 48.1 Å². The normalized spacial score (nSPS) is 16.9. The largest absolute Gasteiger partial charge is 0.507 e. The number of likely N-dealkylation sites (N-methyl/N-ethyl adjacent to an activating group) is 1. The first kappa shape index (κ1) is 26.8. The van der Waals surface area contributed by atoms with Gasteiger partial charge in [-0.25, -0.2) is 0 Å². The number of aliphatic hydroxyl groups is 1. The Hall–Kier alpha value is -3.78. The molecular weight excluding hydrogens is 460 g/mol. The van der Waals surface area contributed by atoms with Gasteiger partial charge in [-0.2, -0.15) is 0 Å². The molecule has 0 saturated carbocycles. The van der Waals surface area contributed by atoms with Crippen LogP contribution in [0.4, 0.5) is 0 Å². The molecule has 0 bridgehead atoms. The Morgan fingerprint density at radius 3 is 2.31 bits per heavy atom. The average molecular weight is 495 g/mol. The standard InChI is InChI=1S/C28H34N2O6/c1-6-17-36-21-12-9-19(10-13-21)26(31)24-25(20-11-14-22(34-4)23(18-20)35-5)30(28(33)27(24)32)16-15-29(7-2)8-3/h6,9-14,18,25,31H,1,7-8,15-17H2,2-5H3/b26-24+/t25-/m1/s1. The third-order valence-corrected chi connectivity index (χ3v) is 6.31. The molecule has 8 heteroatoms. The lowest BCUT2D eigenvalue weighted by atomic mass is 9.95. The first-order chi connectivity index (χ1) is 17.4.